The van der Waals surface area contributed by atoms with Gasteiger partial charge in [0.1, 0.15) is 11.5 Å². The summed E-state index contributed by atoms with van der Waals surface area (Å²) in [4.78, 5) is 16.0. The molecule has 0 fully saturated rings. The lowest BCUT2D eigenvalue weighted by Gasteiger charge is -2.27. The Balaban J connectivity index is 1.85. The largest absolute Gasteiger partial charge is 0.497 e. The molecule has 1 N–H and O–H groups in total. The molecule has 0 radical (unpaired) electrons. The first-order chi connectivity index (χ1) is 16.3. The Labute approximate surface area is 194 Å². The highest BCUT2D eigenvalue weighted by Crippen LogP contribution is 2.47. The Morgan fingerprint density at radius 1 is 0.829 bits per heavy atom. The zero-order valence-corrected chi connectivity index (χ0v) is 18.1. The summed E-state index contributed by atoms with van der Waals surface area (Å²) in [6.07, 6.45) is -6.61. The number of nitrogens with one attached hydrogen (secondary N) is 1. The maximum Gasteiger partial charge on any atom is 0.460 e. The van der Waals surface area contributed by atoms with E-state index in [9.17, 15) is 35.5 Å². The average Bonchev–Trinajstić information content (AvgIpc) is 2.83. The van der Waals surface area contributed by atoms with E-state index in [0.29, 0.717) is 34.0 Å². The molecule has 1 aromatic heterocycles. The Hall–Kier alpha value is -3.83. The minimum absolute atomic E-state index is 0.415. The highest BCUT2D eigenvalue weighted by Gasteiger charge is 2.76. The van der Waals surface area contributed by atoms with Gasteiger partial charge in [-0.25, -0.2) is 4.98 Å². The number of nitrogens with zero attached hydrogens (tertiary/aromatic N) is 1. The van der Waals surface area contributed by atoms with E-state index in [1.165, 1.54) is 31.7 Å². The fraction of sp³-hybridized carbons (Fsp3) is 0.217. The molecule has 5 nitrogen and oxygen atoms in total. The molecule has 1 amide bonds. The highest BCUT2D eigenvalue weighted by atomic mass is 19.4. The number of hydrogen-bond donors (Lipinski definition) is 1. The monoisotopic (exact) mass is 502 g/mol. The summed E-state index contributed by atoms with van der Waals surface area (Å²) >= 11 is 0. The smallest absolute Gasteiger partial charge is 0.460 e. The number of benzene rings is 2. The molecule has 0 bridgehead atoms. The van der Waals surface area contributed by atoms with Crippen molar-refractivity contribution >= 4 is 11.6 Å². The van der Waals surface area contributed by atoms with Gasteiger partial charge in [0.2, 0.25) is 0 Å². The normalized spacial score (nSPS) is 12.3. The summed E-state index contributed by atoms with van der Waals surface area (Å²) in [6.45, 7) is 0. The van der Waals surface area contributed by atoms with Crippen molar-refractivity contribution in [3.05, 3.63) is 60.7 Å². The lowest BCUT2D eigenvalue weighted by Crippen LogP contribution is -2.57. The SMILES string of the molecule is COc1ccc(OC)c(-c2cccc(-c3ccc(NC(=O)C(F)(F)C(F)(F)C(F)(F)F)cc3)n2)c1. The van der Waals surface area contributed by atoms with Crippen molar-refractivity contribution in [2.45, 2.75) is 18.0 Å². The molecule has 1 heterocycles. The van der Waals surface area contributed by atoms with Crippen molar-refractivity contribution in [1.82, 2.24) is 4.98 Å². The van der Waals surface area contributed by atoms with Crippen LogP contribution in [0.4, 0.5) is 36.4 Å². The standard InChI is InChI=1S/C23H17F7N2O3/c1-34-15-10-11-19(35-2)16(12-15)18-5-3-4-17(32-18)13-6-8-14(9-7-13)31-20(33)21(24,25)22(26,27)23(28,29)30/h3-12H,1-2H3,(H,31,33). The number of pyridine rings is 1. The van der Waals surface area contributed by atoms with Crippen LogP contribution < -0.4 is 14.8 Å². The number of aromatic nitrogens is 1. The fourth-order valence-corrected chi connectivity index (χ4v) is 3.01. The van der Waals surface area contributed by atoms with Gasteiger partial charge in [-0.05, 0) is 42.5 Å². The predicted octanol–water partition coefficient (Wildman–Crippen LogP) is 6.20. The zero-order chi connectivity index (χ0) is 26.0. The number of halogens is 7. The zero-order valence-electron chi connectivity index (χ0n) is 18.1. The number of hydrogen-bond acceptors (Lipinski definition) is 4. The molecule has 0 saturated carbocycles. The molecule has 3 rings (SSSR count). The minimum Gasteiger partial charge on any atom is -0.497 e. The van der Waals surface area contributed by atoms with Gasteiger partial charge < -0.3 is 14.8 Å². The van der Waals surface area contributed by atoms with E-state index >= 15 is 0 Å². The molecule has 2 aromatic carbocycles. The second kappa shape index (κ2) is 9.43. The van der Waals surface area contributed by atoms with Gasteiger partial charge in [0.05, 0.1) is 25.6 Å². The van der Waals surface area contributed by atoms with Crippen molar-refractivity contribution in [1.29, 1.82) is 0 Å². The average molecular weight is 502 g/mol. The highest BCUT2D eigenvalue weighted by molar-refractivity contribution is 5.97. The molecule has 0 atom stereocenters. The van der Waals surface area contributed by atoms with E-state index in [4.69, 9.17) is 9.47 Å². The van der Waals surface area contributed by atoms with Crippen LogP contribution in [-0.2, 0) is 4.79 Å². The number of alkyl halides is 7. The Morgan fingerprint density at radius 2 is 1.46 bits per heavy atom. The third kappa shape index (κ3) is 5.00. The van der Waals surface area contributed by atoms with Crippen molar-refractivity contribution in [2.24, 2.45) is 0 Å². The van der Waals surface area contributed by atoms with Gasteiger partial charge in [0.25, 0.3) is 0 Å². The number of ether oxygens (including phenoxy) is 2. The first-order valence-corrected chi connectivity index (χ1v) is 9.75. The molecule has 0 aliphatic carbocycles. The molecule has 35 heavy (non-hydrogen) atoms. The second-order valence-electron chi connectivity index (χ2n) is 7.15. The van der Waals surface area contributed by atoms with Gasteiger partial charge in [-0.1, -0.05) is 18.2 Å². The number of carbonyl (C=O) groups excluding carboxylic acids is 1. The molecule has 0 aliphatic rings. The third-order valence-electron chi connectivity index (χ3n) is 4.91. The van der Waals surface area contributed by atoms with Crippen molar-refractivity contribution in [3.63, 3.8) is 0 Å². The van der Waals surface area contributed by atoms with E-state index < -0.39 is 29.6 Å². The summed E-state index contributed by atoms with van der Waals surface area (Å²) in [7, 11) is 2.98. The van der Waals surface area contributed by atoms with Crippen LogP contribution >= 0.6 is 0 Å². The Morgan fingerprint density at radius 3 is 2.03 bits per heavy atom. The molecular formula is C23H17F7N2O3. The third-order valence-corrected chi connectivity index (χ3v) is 4.91. The summed E-state index contributed by atoms with van der Waals surface area (Å²) in [5.74, 6) is -14.3. The molecule has 0 unspecified atom stereocenters. The van der Waals surface area contributed by atoms with Gasteiger partial charge in [-0.15, -0.1) is 0 Å². The van der Waals surface area contributed by atoms with Crippen LogP contribution in [0.5, 0.6) is 11.5 Å². The van der Waals surface area contributed by atoms with Gasteiger partial charge in [0.15, 0.2) is 0 Å². The van der Waals surface area contributed by atoms with Gasteiger partial charge in [0, 0.05) is 16.8 Å². The van der Waals surface area contributed by atoms with Crippen molar-refractivity contribution in [3.8, 4) is 34.0 Å². The molecular weight excluding hydrogens is 485 g/mol. The van der Waals surface area contributed by atoms with Crippen LogP contribution in [0, 0.1) is 0 Å². The lowest BCUT2D eigenvalue weighted by atomic mass is 10.1. The van der Waals surface area contributed by atoms with Gasteiger partial charge in [-0.3, -0.25) is 4.79 Å². The Kier molecular flexibility index (Phi) is 6.95. The molecule has 186 valence electrons. The molecule has 12 heteroatoms. The van der Waals surface area contributed by atoms with Crippen molar-refractivity contribution < 1.29 is 45.0 Å². The molecule has 0 aliphatic heterocycles. The van der Waals surface area contributed by atoms with Gasteiger partial charge in [-0.2, -0.15) is 30.7 Å². The van der Waals surface area contributed by atoms with Crippen molar-refractivity contribution in [2.75, 3.05) is 19.5 Å². The predicted molar refractivity (Wildman–Crippen MR) is 113 cm³/mol. The summed E-state index contributed by atoms with van der Waals surface area (Å²) in [5, 5.41) is 1.38. The second-order valence-corrected chi connectivity index (χ2v) is 7.15. The van der Waals surface area contributed by atoms with Crippen LogP contribution in [0.25, 0.3) is 22.5 Å². The summed E-state index contributed by atoms with van der Waals surface area (Å²) in [5.41, 5.74) is 1.57. The first kappa shape index (κ1) is 25.8. The Bertz CT molecular complexity index is 1210. The molecule has 0 saturated heterocycles. The van der Waals surface area contributed by atoms with E-state index in [1.54, 1.807) is 36.4 Å². The van der Waals surface area contributed by atoms with Crippen LogP contribution in [0.3, 0.4) is 0 Å². The van der Waals surface area contributed by atoms with Crippen LogP contribution in [0.2, 0.25) is 0 Å². The maximum atomic E-state index is 13.5. The number of methoxy groups -OCH3 is 2. The van der Waals surface area contributed by atoms with Crippen LogP contribution in [0.1, 0.15) is 0 Å². The molecule has 0 spiro atoms. The summed E-state index contributed by atoms with van der Waals surface area (Å²) in [6, 6.07) is 14.9. The number of rotatable bonds is 7. The number of carbonyl (C=O) groups is 1. The lowest BCUT2D eigenvalue weighted by molar-refractivity contribution is -0.343. The molecule has 3 aromatic rings. The van der Waals surface area contributed by atoms with E-state index in [-0.39, 0.29) is 0 Å². The first-order valence-electron chi connectivity index (χ1n) is 9.75. The number of amides is 1. The summed E-state index contributed by atoms with van der Waals surface area (Å²) < 4.78 is 101. The van der Waals surface area contributed by atoms with Gasteiger partial charge >= 0.3 is 23.9 Å². The van der Waals surface area contributed by atoms with Crippen LogP contribution in [-0.4, -0.2) is 43.1 Å². The van der Waals surface area contributed by atoms with Crippen LogP contribution in [0.15, 0.2) is 60.7 Å². The van der Waals surface area contributed by atoms with E-state index in [2.05, 4.69) is 4.98 Å². The number of anilines is 1. The topological polar surface area (TPSA) is 60.5 Å². The minimum atomic E-state index is -6.61. The quantitative estimate of drug-likeness (QED) is 0.391. The fourth-order valence-electron chi connectivity index (χ4n) is 3.01. The maximum absolute atomic E-state index is 13.5. The van der Waals surface area contributed by atoms with E-state index in [1.807, 2.05) is 0 Å². The van der Waals surface area contributed by atoms with E-state index in [0.717, 1.165) is 12.1 Å².